The third-order valence-electron chi connectivity index (χ3n) is 6.20. The number of hydrogen-bond acceptors (Lipinski definition) is 3. The highest BCUT2D eigenvalue weighted by molar-refractivity contribution is 5.83. The van der Waals surface area contributed by atoms with Crippen LogP contribution >= 0.6 is 0 Å². The van der Waals surface area contributed by atoms with E-state index in [1.165, 1.54) is 5.56 Å². The summed E-state index contributed by atoms with van der Waals surface area (Å²) in [5, 5.41) is 3.00. The fraction of sp³-hybridized carbons (Fsp3) is 0.286. The van der Waals surface area contributed by atoms with Gasteiger partial charge in [-0.25, -0.2) is 0 Å². The predicted octanol–water partition coefficient (Wildman–Crippen LogP) is 4.03. The number of nitrogens with one attached hydrogen (secondary N) is 1. The minimum atomic E-state index is -0.315. The van der Waals surface area contributed by atoms with Crippen LogP contribution in [-0.2, 0) is 22.4 Å². The summed E-state index contributed by atoms with van der Waals surface area (Å²) in [5.74, 6) is 0.532. The van der Waals surface area contributed by atoms with Gasteiger partial charge in [-0.3, -0.25) is 9.59 Å². The first-order valence-corrected chi connectivity index (χ1v) is 11.4. The second kappa shape index (κ2) is 10.3. The van der Waals surface area contributed by atoms with E-state index in [2.05, 4.69) is 17.4 Å². The Morgan fingerprint density at radius 1 is 1.00 bits per heavy atom. The lowest BCUT2D eigenvalue weighted by Crippen LogP contribution is -2.38. The van der Waals surface area contributed by atoms with Gasteiger partial charge in [0.15, 0.2) is 0 Å². The number of benzene rings is 3. The zero-order chi connectivity index (χ0) is 23.2. The van der Waals surface area contributed by atoms with Crippen LogP contribution in [-0.4, -0.2) is 43.5 Å². The molecule has 33 heavy (non-hydrogen) atoms. The molecule has 3 aromatic carbocycles. The minimum Gasteiger partial charge on any atom is -0.496 e. The van der Waals surface area contributed by atoms with Crippen molar-refractivity contribution in [1.29, 1.82) is 0 Å². The van der Waals surface area contributed by atoms with E-state index in [9.17, 15) is 9.59 Å². The van der Waals surface area contributed by atoms with Crippen molar-refractivity contribution in [3.05, 3.63) is 89.5 Å². The number of carbonyl (C=O) groups excluding carboxylic acids is 2. The number of ether oxygens (including phenoxy) is 1. The van der Waals surface area contributed by atoms with Gasteiger partial charge in [0.1, 0.15) is 5.75 Å². The van der Waals surface area contributed by atoms with Crippen molar-refractivity contribution in [1.82, 2.24) is 10.2 Å². The fourth-order valence-corrected chi connectivity index (χ4v) is 4.37. The smallest absolute Gasteiger partial charge is 0.227 e. The average Bonchev–Trinajstić information content (AvgIpc) is 3.02. The van der Waals surface area contributed by atoms with Crippen LogP contribution in [0.25, 0.3) is 11.1 Å². The Kier molecular flexibility index (Phi) is 7.08. The van der Waals surface area contributed by atoms with E-state index in [-0.39, 0.29) is 17.7 Å². The number of carbonyl (C=O) groups is 2. The molecule has 0 unspecified atom stereocenters. The van der Waals surface area contributed by atoms with E-state index >= 15 is 0 Å². The minimum absolute atomic E-state index is 0.00420. The lowest BCUT2D eigenvalue weighted by molar-refractivity contribution is -0.131. The monoisotopic (exact) mass is 442 g/mol. The van der Waals surface area contributed by atoms with Gasteiger partial charge in [-0.05, 0) is 36.1 Å². The van der Waals surface area contributed by atoms with Gasteiger partial charge in [-0.15, -0.1) is 0 Å². The molecule has 1 aliphatic heterocycles. The summed E-state index contributed by atoms with van der Waals surface area (Å²) < 4.78 is 5.57. The average molecular weight is 443 g/mol. The molecule has 0 radical (unpaired) electrons. The first-order valence-electron chi connectivity index (χ1n) is 11.4. The zero-order valence-electron chi connectivity index (χ0n) is 19.2. The van der Waals surface area contributed by atoms with Crippen LogP contribution in [0.15, 0.2) is 72.8 Å². The Balaban J connectivity index is 1.54. The topological polar surface area (TPSA) is 58.6 Å². The highest BCUT2D eigenvalue weighted by Gasteiger charge is 2.28. The van der Waals surface area contributed by atoms with E-state index in [1.54, 1.807) is 7.11 Å². The van der Waals surface area contributed by atoms with Crippen molar-refractivity contribution in [3.63, 3.8) is 0 Å². The fourth-order valence-electron chi connectivity index (χ4n) is 4.37. The van der Waals surface area contributed by atoms with E-state index in [0.717, 1.165) is 28.0 Å². The maximum atomic E-state index is 13.1. The summed E-state index contributed by atoms with van der Waals surface area (Å²) in [4.78, 5) is 27.8. The lowest BCUT2D eigenvalue weighted by atomic mass is 9.91. The highest BCUT2D eigenvalue weighted by Crippen LogP contribution is 2.33. The number of para-hydroxylation sites is 1. The molecule has 5 nitrogen and oxygen atoms in total. The van der Waals surface area contributed by atoms with Crippen molar-refractivity contribution in [2.75, 3.05) is 26.7 Å². The first-order chi connectivity index (χ1) is 16.0. The Hall–Kier alpha value is -3.60. The predicted molar refractivity (Wildman–Crippen MR) is 130 cm³/mol. The number of aryl methyl sites for hydroxylation is 1. The molecule has 1 heterocycles. The molecule has 1 atom stereocenters. The molecule has 1 saturated heterocycles. The van der Waals surface area contributed by atoms with Gasteiger partial charge in [-0.1, -0.05) is 72.3 Å². The van der Waals surface area contributed by atoms with Crippen molar-refractivity contribution < 1.29 is 14.3 Å². The van der Waals surface area contributed by atoms with Crippen molar-refractivity contribution >= 4 is 11.8 Å². The molecule has 1 N–H and O–H groups in total. The Morgan fingerprint density at radius 2 is 1.70 bits per heavy atom. The van der Waals surface area contributed by atoms with E-state index in [0.29, 0.717) is 32.5 Å². The zero-order valence-corrected chi connectivity index (χ0v) is 19.2. The molecular weight excluding hydrogens is 412 g/mol. The largest absolute Gasteiger partial charge is 0.496 e. The molecule has 0 aliphatic carbocycles. The summed E-state index contributed by atoms with van der Waals surface area (Å²) in [6.07, 6.45) is 0.896. The molecule has 0 aromatic heterocycles. The third kappa shape index (κ3) is 5.43. The van der Waals surface area contributed by atoms with E-state index < -0.39 is 0 Å². The molecule has 0 bridgehead atoms. The molecule has 3 aromatic rings. The van der Waals surface area contributed by atoms with Crippen LogP contribution in [0.5, 0.6) is 5.75 Å². The molecule has 2 amide bonds. The second-order valence-electron chi connectivity index (χ2n) is 8.55. The normalized spacial score (nSPS) is 16.1. The van der Waals surface area contributed by atoms with Crippen LogP contribution in [0, 0.1) is 12.8 Å². The van der Waals surface area contributed by atoms with Gasteiger partial charge in [-0.2, -0.15) is 0 Å². The summed E-state index contributed by atoms with van der Waals surface area (Å²) in [5.41, 5.74) is 5.27. The molecular formula is C28H30N2O3. The third-order valence-corrected chi connectivity index (χ3v) is 6.20. The standard InChI is InChI=1S/C28H30N2O3/c1-20-11-13-21(14-12-20)17-27(31)30-16-15-29-28(32)23(19-30)18-22-7-3-4-8-24(22)25-9-5-6-10-26(25)33-2/h3-14,23H,15-19H2,1-2H3,(H,29,32)/t23-/m0/s1. The van der Waals surface area contributed by atoms with Gasteiger partial charge < -0.3 is 15.0 Å². The van der Waals surface area contributed by atoms with E-state index in [4.69, 9.17) is 4.74 Å². The molecule has 0 spiro atoms. The molecule has 5 heteroatoms. The van der Waals surface area contributed by atoms with E-state index in [1.807, 2.05) is 72.5 Å². The maximum absolute atomic E-state index is 13.1. The van der Waals surface area contributed by atoms with Crippen LogP contribution in [0.4, 0.5) is 0 Å². The molecule has 170 valence electrons. The second-order valence-corrected chi connectivity index (χ2v) is 8.55. The number of hydrogen-bond donors (Lipinski definition) is 1. The number of nitrogens with zero attached hydrogens (tertiary/aromatic N) is 1. The summed E-state index contributed by atoms with van der Waals surface area (Å²) in [6.45, 7) is 3.45. The summed E-state index contributed by atoms with van der Waals surface area (Å²) in [6, 6.07) is 24.0. The molecule has 4 rings (SSSR count). The SMILES string of the molecule is COc1ccccc1-c1ccccc1C[C@H]1CN(C(=O)Cc2ccc(C)cc2)CCNC1=O. The Morgan fingerprint density at radius 3 is 2.45 bits per heavy atom. The Bertz CT molecular complexity index is 1120. The number of rotatable bonds is 6. The quantitative estimate of drug-likeness (QED) is 0.627. The molecule has 1 fully saturated rings. The van der Waals surface area contributed by atoms with Gasteiger partial charge in [0, 0.05) is 25.2 Å². The van der Waals surface area contributed by atoms with Crippen molar-refractivity contribution in [2.24, 2.45) is 5.92 Å². The number of amides is 2. The van der Waals surface area contributed by atoms with Crippen LogP contribution in [0.2, 0.25) is 0 Å². The van der Waals surface area contributed by atoms with Gasteiger partial charge in [0.25, 0.3) is 0 Å². The molecule has 0 saturated carbocycles. The summed E-state index contributed by atoms with van der Waals surface area (Å²) >= 11 is 0. The van der Waals surface area contributed by atoms with Crippen LogP contribution in [0.3, 0.4) is 0 Å². The summed E-state index contributed by atoms with van der Waals surface area (Å²) in [7, 11) is 1.66. The van der Waals surface area contributed by atoms with Gasteiger partial charge in [0.2, 0.25) is 11.8 Å². The first kappa shape index (κ1) is 22.6. The molecule has 1 aliphatic rings. The van der Waals surface area contributed by atoms with Gasteiger partial charge >= 0.3 is 0 Å². The maximum Gasteiger partial charge on any atom is 0.227 e. The highest BCUT2D eigenvalue weighted by atomic mass is 16.5. The van der Waals surface area contributed by atoms with Crippen molar-refractivity contribution in [3.8, 4) is 16.9 Å². The van der Waals surface area contributed by atoms with Crippen LogP contribution in [0.1, 0.15) is 16.7 Å². The lowest BCUT2D eigenvalue weighted by Gasteiger charge is -2.24. The Labute approximate surface area is 195 Å². The number of methoxy groups -OCH3 is 1. The van der Waals surface area contributed by atoms with Crippen LogP contribution < -0.4 is 10.1 Å². The van der Waals surface area contributed by atoms with Gasteiger partial charge in [0.05, 0.1) is 19.4 Å². The van der Waals surface area contributed by atoms with Crippen molar-refractivity contribution in [2.45, 2.75) is 19.8 Å².